The van der Waals surface area contributed by atoms with Gasteiger partial charge in [0, 0.05) is 19.6 Å². The van der Waals surface area contributed by atoms with E-state index in [-0.39, 0.29) is 28.8 Å². The number of benzene rings is 2. The number of ether oxygens (including phenoxy) is 1. The minimum Gasteiger partial charge on any atom is -0.484 e. The number of amides is 1. The summed E-state index contributed by atoms with van der Waals surface area (Å²) < 4.78 is 54.1. The smallest absolute Gasteiger partial charge is 0.258 e. The SMILES string of the molecule is CCN(CC)S(=O)(=O)c1ccc(OCC(=O)NCc2ccc(S(N)(=O)=O)cc2)cc1. The molecule has 0 saturated carbocycles. The van der Waals surface area contributed by atoms with Gasteiger partial charge in [0.1, 0.15) is 5.75 Å². The number of sulfonamides is 2. The van der Waals surface area contributed by atoms with Crippen LogP contribution in [0, 0.1) is 0 Å². The van der Waals surface area contributed by atoms with E-state index in [9.17, 15) is 21.6 Å². The highest BCUT2D eigenvalue weighted by molar-refractivity contribution is 7.89. The first-order chi connectivity index (χ1) is 14.1. The summed E-state index contributed by atoms with van der Waals surface area (Å²) >= 11 is 0. The number of rotatable bonds is 10. The second-order valence-corrected chi connectivity index (χ2v) is 9.81. The molecule has 0 aromatic heterocycles. The summed E-state index contributed by atoms with van der Waals surface area (Å²) in [4.78, 5) is 12.1. The molecule has 9 nitrogen and oxygen atoms in total. The van der Waals surface area contributed by atoms with E-state index in [1.54, 1.807) is 26.0 Å². The zero-order valence-electron chi connectivity index (χ0n) is 16.7. The molecule has 0 fully saturated rings. The van der Waals surface area contributed by atoms with Gasteiger partial charge in [0.15, 0.2) is 6.61 Å². The molecule has 2 rings (SSSR count). The third-order valence-electron chi connectivity index (χ3n) is 4.28. The minimum absolute atomic E-state index is 0.00707. The Morgan fingerprint density at radius 3 is 1.97 bits per heavy atom. The van der Waals surface area contributed by atoms with E-state index < -0.39 is 20.0 Å². The summed E-state index contributed by atoms with van der Waals surface area (Å²) in [5.41, 5.74) is 0.696. The summed E-state index contributed by atoms with van der Waals surface area (Å²) in [7, 11) is -7.31. The zero-order chi connectivity index (χ0) is 22.4. The van der Waals surface area contributed by atoms with Gasteiger partial charge in [0.05, 0.1) is 9.79 Å². The molecule has 3 N–H and O–H groups in total. The summed E-state index contributed by atoms with van der Waals surface area (Å²) in [6, 6.07) is 11.7. The third-order valence-corrected chi connectivity index (χ3v) is 7.27. The van der Waals surface area contributed by atoms with Crippen molar-refractivity contribution in [3.8, 4) is 5.75 Å². The first-order valence-corrected chi connectivity index (χ1v) is 12.2. The summed E-state index contributed by atoms with van der Waals surface area (Å²) in [6.07, 6.45) is 0. The monoisotopic (exact) mass is 455 g/mol. The molecule has 0 bridgehead atoms. The molecular formula is C19H25N3O6S2. The van der Waals surface area contributed by atoms with Crippen LogP contribution in [0.3, 0.4) is 0 Å². The number of nitrogens with zero attached hydrogens (tertiary/aromatic N) is 1. The second kappa shape index (κ2) is 10.0. The highest BCUT2D eigenvalue weighted by Gasteiger charge is 2.21. The Morgan fingerprint density at radius 1 is 0.933 bits per heavy atom. The zero-order valence-corrected chi connectivity index (χ0v) is 18.4. The first kappa shape index (κ1) is 23.8. The van der Waals surface area contributed by atoms with Gasteiger partial charge >= 0.3 is 0 Å². The lowest BCUT2D eigenvalue weighted by Crippen LogP contribution is -2.30. The average molecular weight is 456 g/mol. The molecular weight excluding hydrogens is 430 g/mol. The van der Waals surface area contributed by atoms with Crippen molar-refractivity contribution >= 4 is 26.0 Å². The molecule has 1 amide bonds. The number of primary sulfonamides is 1. The number of hydrogen-bond acceptors (Lipinski definition) is 6. The van der Waals surface area contributed by atoms with Crippen LogP contribution in [0.15, 0.2) is 58.3 Å². The molecule has 0 aliphatic carbocycles. The number of nitrogens with one attached hydrogen (secondary N) is 1. The van der Waals surface area contributed by atoms with Crippen molar-refractivity contribution in [1.82, 2.24) is 9.62 Å². The van der Waals surface area contributed by atoms with Crippen molar-refractivity contribution in [2.24, 2.45) is 5.14 Å². The quantitative estimate of drug-likeness (QED) is 0.550. The molecule has 11 heteroatoms. The van der Waals surface area contributed by atoms with Crippen LogP contribution in [0.4, 0.5) is 0 Å². The van der Waals surface area contributed by atoms with E-state index >= 15 is 0 Å². The fourth-order valence-corrected chi connectivity index (χ4v) is 4.59. The Labute approximate surface area is 176 Å². The van der Waals surface area contributed by atoms with Crippen molar-refractivity contribution in [3.63, 3.8) is 0 Å². The Hall–Kier alpha value is -2.47. The highest BCUT2D eigenvalue weighted by atomic mass is 32.2. The topological polar surface area (TPSA) is 136 Å². The molecule has 0 heterocycles. The van der Waals surface area contributed by atoms with Crippen LogP contribution in [0.25, 0.3) is 0 Å². The van der Waals surface area contributed by atoms with E-state index in [2.05, 4.69) is 5.32 Å². The van der Waals surface area contributed by atoms with E-state index in [1.165, 1.54) is 40.7 Å². The minimum atomic E-state index is -3.76. The molecule has 164 valence electrons. The maximum atomic E-state index is 12.4. The molecule has 0 aliphatic rings. The summed E-state index contributed by atoms with van der Waals surface area (Å²) in [6.45, 7) is 4.23. The van der Waals surface area contributed by atoms with Gasteiger partial charge in [-0.25, -0.2) is 22.0 Å². The molecule has 2 aromatic carbocycles. The van der Waals surface area contributed by atoms with E-state index in [4.69, 9.17) is 9.88 Å². The molecule has 0 aliphatic heterocycles. The van der Waals surface area contributed by atoms with Gasteiger partial charge in [-0.2, -0.15) is 4.31 Å². The lowest BCUT2D eigenvalue weighted by Gasteiger charge is -2.18. The lowest BCUT2D eigenvalue weighted by atomic mass is 10.2. The predicted molar refractivity (Wildman–Crippen MR) is 112 cm³/mol. The van der Waals surface area contributed by atoms with Crippen molar-refractivity contribution in [2.45, 2.75) is 30.2 Å². The summed E-state index contributed by atoms with van der Waals surface area (Å²) in [5.74, 6) is -0.0217. The molecule has 0 spiro atoms. The molecule has 0 unspecified atom stereocenters. The Morgan fingerprint density at radius 2 is 1.47 bits per heavy atom. The number of nitrogens with two attached hydrogens (primary N) is 1. The van der Waals surface area contributed by atoms with Crippen LogP contribution in [-0.2, 0) is 31.4 Å². The second-order valence-electron chi connectivity index (χ2n) is 6.32. The average Bonchev–Trinajstić information content (AvgIpc) is 2.71. The van der Waals surface area contributed by atoms with Gasteiger partial charge in [-0.05, 0) is 42.0 Å². The maximum Gasteiger partial charge on any atom is 0.258 e. The molecule has 2 aromatic rings. The standard InChI is InChI=1S/C19H25N3O6S2/c1-3-22(4-2)30(26,27)18-11-7-16(8-12-18)28-14-19(23)21-13-15-5-9-17(10-6-15)29(20,24)25/h5-12H,3-4,13-14H2,1-2H3,(H,21,23)(H2,20,24,25). The van der Waals surface area contributed by atoms with Crippen LogP contribution < -0.4 is 15.2 Å². The fraction of sp³-hybridized carbons (Fsp3) is 0.316. The first-order valence-electron chi connectivity index (χ1n) is 9.19. The van der Waals surface area contributed by atoms with Crippen LogP contribution in [0.2, 0.25) is 0 Å². The van der Waals surface area contributed by atoms with E-state index in [1.807, 2.05) is 0 Å². The van der Waals surface area contributed by atoms with Crippen LogP contribution >= 0.6 is 0 Å². The van der Waals surface area contributed by atoms with Gasteiger partial charge in [0.2, 0.25) is 20.0 Å². The summed E-state index contributed by atoms with van der Waals surface area (Å²) in [5, 5.41) is 7.68. The highest BCUT2D eigenvalue weighted by Crippen LogP contribution is 2.19. The predicted octanol–water partition coefficient (Wildman–Crippen LogP) is 1.06. The largest absolute Gasteiger partial charge is 0.484 e. The molecule has 30 heavy (non-hydrogen) atoms. The molecule has 0 radical (unpaired) electrons. The normalized spacial score (nSPS) is 12.0. The number of carbonyl (C=O) groups is 1. The van der Waals surface area contributed by atoms with Gasteiger partial charge in [-0.3, -0.25) is 4.79 Å². The number of carbonyl (C=O) groups excluding carboxylic acids is 1. The van der Waals surface area contributed by atoms with Crippen molar-refractivity contribution in [1.29, 1.82) is 0 Å². The Balaban J connectivity index is 1.88. The lowest BCUT2D eigenvalue weighted by molar-refractivity contribution is -0.123. The van der Waals surface area contributed by atoms with Gasteiger partial charge in [-0.15, -0.1) is 0 Å². The van der Waals surface area contributed by atoms with E-state index in [0.717, 1.165) is 0 Å². The van der Waals surface area contributed by atoms with Crippen molar-refractivity contribution < 1.29 is 26.4 Å². The van der Waals surface area contributed by atoms with E-state index in [0.29, 0.717) is 24.4 Å². The van der Waals surface area contributed by atoms with Gasteiger partial charge in [0.25, 0.3) is 5.91 Å². The number of hydrogen-bond donors (Lipinski definition) is 2. The fourth-order valence-electron chi connectivity index (χ4n) is 2.62. The Kier molecular flexibility index (Phi) is 7.96. The van der Waals surface area contributed by atoms with Crippen LogP contribution in [-0.4, -0.2) is 46.7 Å². The van der Waals surface area contributed by atoms with Crippen LogP contribution in [0.1, 0.15) is 19.4 Å². The molecule has 0 atom stereocenters. The van der Waals surface area contributed by atoms with Gasteiger partial charge < -0.3 is 10.1 Å². The van der Waals surface area contributed by atoms with Gasteiger partial charge in [-0.1, -0.05) is 26.0 Å². The third kappa shape index (κ3) is 6.26. The van der Waals surface area contributed by atoms with Crippen molar-refractivity contribution in [2.75, 3.05) is 19.7 Å². The Bertz CT molecular complexity index is 1060. The van der Waals surface area contributed by atoms with Crippen LogP contribution in [0.5, 0.6) is 5.75 Å². The maximum absolute atomic E-state index is 12.4. The van der Waals surface area contributed by atoms with Crippen molar-refractivity contribution in [3.05, 3.63) is 54.1 Å². The molecule has 0 saturated heterocycles.